The second kappa shape index (κ2) is 6.04. The van der Waals surface area contributed by atoms with Crippen molar-refractivity contribution < 1.29 is 9.32 Å². The second-order valence-electron chi connectivity index (χ2n) is 4.43. The van der Waals surface area contributed by atoms with E-state index in [1.165, 1.54) is 6.33 Å². The van der Waals surface area contributed by atoms with E-state index >= 15 is 0 Å². The summed E-state index contributed by atoms with van der Waals surface area (Å²) in [5.41, 5.74) is 1.05. The van der Waals surface area contributed by atoms with E-state index in [9.17, 15) is 4.79 Å². The lowest BCUT2D eigenvalue weighted by Gasteiger charge is -2.02. The Labute approximate surface area is 120 Å². The molecule has 0 unspecified atom stereocenters. The lowest BCUT2D eigenvalue weighted by Crippen LogP contribution is -2.25. The molecule has 0 bridgehead atoms. The van der Waals surface area contributed by atoms with Gasteiger partial charge in [-0.1, -0.05) is 5.16 Å². The van der Waals surface area contributed by atoms with Gasteiger partial charge in [-0.05, 0) is 18.6 Å². The van der Waals surface area contributed by atoms with E-state index in [4.69, 9.17) is 4.52 Å². The zero-order valence-corrected chi connectivity index (χ0v) is 11.2. The third-order valence-electron chi connectivity index (χ3n) is 2.92. The maximum Gasteiger partial charge on any atom is 0.273 e. The fraction of sp³-hybridized carbons (Fsp3) is 0.231. The molecule has 8 heteroatoms. The summed E-state index contributed by atoms with van der Waals surface area (Å²) in [7, 11) is 0. The fourth-order valence-corrected chi connectivity index (χ4v) is 1.87. The van der Waals surface area contributed by atoms with E-state index in [1.807, 2.05) is 12.1 Å². The van der Waals surface area contributed by atoms with Crippen molar-refractivity contribution in [2.24, 2.45) is 0 Å². The van der Waals surface area contributed by atoms with Gasteiger partial charge in [0.2, 0.25) is 0 Å². The molecule has 8 nitrogen and oxygen atoms in total. The molecule has 0 spiro atoms. The third kappa shape index (κ3) is 3.16. The molecule has 2 N–H and O–H groups in total. The van der Waals surface area contributed by atoms with Gasteiger partial charge in [-0.25, -0.2) is 4.98 Å². The van der Waals surface area contributed by atoms with E-state index in [0.717, 1.165) is 12.1 Å². The molecule has 0 fully saturated rings. The van der Waals surface area contributed by atoms with E-state index in [1.54, 1.807) is 23.3 Å². The SMILES string of the molecule is O=C(NCCCn1cncn1)c1cc(-c2ccc[nH]2)on1. The van der Waals surface area contributed by atoms with Crippen LogP contribution in [0.1, 0.15) is 16.9 Å². The van der Waals surface area contributed by atoms with Gasteiger partial charge in [-0.2, -0.15) is 5.10 Å². The second-order valence-corrected chi connectivity index (χ2v) is 4.43. The van der Waals surface area contributed by atoms with Gasteiger partial charge < -0.3 is 14.8 Å². The van der Waals surface area contributed by atoms with Crippen LogP contribution in [0, 0.1) is 0 Å². The van der Waals surface area contributed by atoms with Crippen LogP contribution in [-0.4, -0.2) is 37.4 Å². The molecular weight excluding hydrogens is 272 g/mol. The van der Waals surface area contributed by atoms with Crippen LogP contribution < -0.4 is 5.32 Å². The number of nitrogens with one attached hydrogen (secondary N) is 2. The van der Waals surface area contributed by atoms with E-state index in [2.05, 4.69) is 25.5 Å². The minimum absolute atomic E-state index is 0.254. The number of aromatic amines is 1. The monoisotopic (exact) mass is 286 g/mol. The molecule has 0 aromatic carbocycles. The number of nitrogens with zero attached hydrogens (tertiary/aromatic N) is 4. The number of H-pyrrole nitrogens is 1. The van der Waals surface area contributed by atoms with Gasteiger partial charge in [0.05, 0.1) is 5.69 Å². The van der Waals surface area contributed by atoms with Crippen molar-refractivity contribution in [3.63, 3.8) is 0 Å². The lowest BCUT2D eigenvalue weighted by molar-refractivity contribution is 0.0943. The van der Waals surface area contributed by atoms with Crippen LogP contribution in [0.4, 0.5) is 0 Å². The predicted octanol–water partition coefficient (Wildman–Crippen LogP) is 1.08. The number of aromatic nitrogens is 5. The molecule has 21 heavy (non-hydrogen) atoms. The highest BCUT2D eigenvalue weighted by atomic mass is 16.5. The number of aryl methyl sites for hydroxylation is 1. The quantitative estimate of drug-likeness (QED) is 0.660. The third-order valence-corrected chi connectivity index (χ3v) is 2.92. The molecule has 0 aliphatic carbocycles. The van der Waals surface area contributed by atoms with Crippen LogP contribution in [-0.2, 0) is 6.54 Å². The molecule has 3 aromatic rings. The van der Waals surface area contributed by atoms with Crippen molar-refractivity contribution in [2.45, 2.75) is 13.0 Å². The van der Waals surface area contributed by atoms with E-state index in [0.29, 0.717) is 18.8 Å². The van der Waals surface area contributed by atoms with E-state index in [-0.39, 0.29) is 11.6 Å². The number of carbonyl (C=O) groups is 1. The Morgan fingerprint density at radius 2 is 2.43 bits per heavy atom. The number of carbonyl (C=O) groups excluding carboxylic acids is 1. The molecule has 0 atom stereocenters. The van der Waals surface area contributed by atoms with Gasteiger partial charge in [0.1, 0.15) is 12.7 Å². The summed E-state index contributed by atoms with van der Waals surface area (Å²) in [5, 5.41) is 10.5. The Bertz CT molecular complexity index is 686. The average molecular weight is 286 g/mol. The molecular formula is C13H14N6O2. The van der Waals surface area contributed by atoms with Crippen LogP contribution in [0.15, 0.2) is 41.6 Å². The first-order chi connectivity index (χ1) is 10.3. The van der Waals surface area contributed by atoms with Crippen LogP contribution in [0.5, 0.6) is 0 Å². The molecule has 0 aliphatic rings. The summed E-state index contributed by atoms with van der Waals surface area (Å²) < 4.78 is 6.84. The highest BCUT2D eigenvalue weighted by Crippen LogP contribution is 2.17. The van der Waals surface area contributed by atoms with Gasteiger partial charge in [0.15, 0.2) is 11.5 Å². The van der Waals surface area contributed by atoms with Crippen molar-refractivity contribution in [2.75, 3.05) is 6.54 Å². The average Bonchev–Trinajstić information content (AvgIpc) is 3.25. The number of hydrogen-bond donors (Lipinski definition) is 2. The smallest absolute Gasteiger partial charge is 0.273 e. The van der Waals surface area contributed by atoms with Gasteiger partial charge in [0, 0.05) is 25.4 Å². The van der Waals surface area contributed by atoms with Crippen LogP contribution in [0.3, 0.4) is 0 Å². The molecule has 0 saturated carbocycles. The molecule has 3 aromatic heterocycles. The van der Waals surface area contributed by atoms with Crippen LogP contribution in [0.25, 0.3) is 11.5 Å². The molecule has 1 amide bonds. The minimum atomic E-state index is -0.254. The number of rotatable bonds is 6. The largest absolute Gasteiger partial charge is 0.359 e. The maximum absolute atomic E-state index is 11.9. The summed E-state index contributed by atoms with van der Waals surface area (Å²) in [6.07, 6.45) is 5.66. The van der Waals surface area contributed by atoms with Gasteiger partial charge >= 0.3 is 0 Å². The first kappa shape index (κ1) is 13.1. The predicted molar refractivity (Wildman–Crippen MR) is 73.3 cm³/mol. The number of hydrogen-bond acceptors (Lipinski definition) is 5. The summed E-state index contributed by atoms with van der Waals surface area (Å²) in [5.74, 6) is 0.280. The standard InChI is InChI=1S/C13H14N6O2/c20-13(16-5-2-6-19-9-14-8-17-19)11-7-12(21-18-11)10-3-1-4-15-10/h1,3-4,7-9,15H,2,5-6H2,(H,16,20). The van der Waals surface area contributed by atoms with Gasteiger partial charge in [0.25, 0.3) is 5.91 Å². The molecule has 0 aliphatic heterocycles. The van der Waals surface area contributed by atoms with Crippen LogP contribution in [0.2, 0.25) is 0 Å². The van der Waals surface area contributed by atoms with Crippen molar-refractivity contribution in [1.29, 1.82) is 0 Å². The zero-order valence-electron chi connectivity index (χ0n) is 11.2. The van der Waals surface area contributed by atoms with Gasteiger partial charge in [-0.15, -0.1) is 0 Å². The summed E-state index contributed by atoms with van der Waals surface area (Å²) in [4.78, 5) is 18.8. The topological polar surface area (TPSA) is 102 Å². The maximum atomic E-state index is 11.9. The van der Waals surface area contributed by atoms with Crippen molar-refractivity contribution in [1.82, 2.24) is 30.2 Å². The fourth-order valence-electron chi connectivity index (χ4n) is 1.87. The Morgan fingerprint density at radius 3 is 3.19 bits per heavy atom. The normalized spacial score (nSPS) is 10.7. The molecule has 108 valence electrons. The molecule has 3 heterocycles. The number of amides is 1. The Balaban J connectivity index is 1.49. The molecule has 0 saturated heterocycles. The molecule has 0 radical (unpaired) electrons. The highest BCUT2D eigenvalue weighted by Gasteiger charge is 2.13. The highest BCUT2D eigenvalue weighted by molar-refractivity contribution is 5.92. The summed E-state index contributed by atoms with van der Waals surface area (Å²) in [6, 6.07) is 5.31. The Hall–Kier alpha value is -2.90. The molecule has 3 rings (SSSR count). The van der Waals surface area contributed by atoms with Crippen molar-refractivity contribution in [3.05, 3.63) is 42.7 Å². The van der Waals surface area contributed by atoms with Crippen LogP contribution >= 0.6 is 0 Å². The minimum Gasteiger partial charge on any atom is -0.359 e. The first-order valence-corrected chi connectivity index (χ1v) is 6.54. The Morgan fingerprint density at radius 1 is 1.48 bits per heavy atom. The van der Waals surface area contributed by atoms with Crippen molar-refractivity contribution >= 4 is 5.91 Å². The van der Waals surface area contributed by atoms with E-state index < -0.39 is 0 Å². The lowest BCUT2D eigenvalue weighted by atomic mass is 10.3. The zero-order chi connectivity index (χ0) is 14.5. The van der Waals surface area contributed by atoms with Crippen molar-refractivity contribution in [3.8, 4) is 11.5 Å². The van der Waals surface area contributed by atoms with Gasteiger partial charge in [-0.3, -0.25) is 9.48 Å². The summed E-state index contributed by atoms with van der Waals surface area (Å²) >= 11 is 0. The first-order valence-electron chi connectivity index (χ1n) is 6.54. The Kier molecular flexibility index (Phi) is 3.77. The summed E-state index contributed by atoms with van der Waals surface area (Å²) in [6.45, 7) is 1.23.